The second-order valence-corrected chi connectivity index (χ2v) is 12.9. The molecule has 6 atom stereocenters. The maximum Gasteiger partial charge on any atom is 0.253 e. The van der Waals surface area contributed by atoms with Crippen LogP contribution >= 0.6 is 0 Å². The smallest absolute Gasteiger partial charge is 0.253 e. The number of allylic oxidation sites excluding steroid dienone is 7. The van der Waals surface area contributed by atoms with Crippen molar-refractivity contribution in [2.45, 2.75) is 72.7 Å². The predicted molar refractivity (Wildman–Crippen MR) is 188 cm³/mol. The van der Waals surface area contributed by atoms with Crippen molar-refractivity contribution in [2.24, 2.45) is 17.8 Å². The molecule has 1 amide bonds. The summed E-state index contributed by atoms with van der Waals surface area (Å²) in [6, 6.07) is 1.23. The molecule has 1 aromatic carbocycles. The summed E-state index contributed by atoms with van der Waals surface area (Å²) in [7, 11) is 0. The second kappa shape index (κ2) is 17.1. The van der Waals surface area contributed by atoms with Crippen LogP contribution < -0.4 is 5.32 Å². The lowest BCUT2D eigenvalue weighted by molar-refractivity contribution is -0.118. The minimum absolute atomic E-state index is 0.0421. The number of amides is 1. The molecular weight excluding hydrogens is 642 g/mol. The lowest BCUT2D eigenvalue weighted by Gasteiger charge is -2.23. The second-order valence-electron chi connectivity index (χ2n) is 12.9. The minimum atomic E-state index is -1.29. The zero-order valence-electron chi connectivity index (χ0n) is 29.0. The van der Waals surface area contributed by atoms with Gasteiger partial charge in [-0.05, 0) is 50.0 Å². The third kappa shape index (κ3) is 9.38. The van der Waals surface area contributed by atoms with E-state index in [1.54, 1.807) is 58.1 Å². The van der Waals surface area contributed by atoms with E-state index in [9.17, 15) is 49.5 Å². The van der Waals surface area contributed by atoms with Crippen molar-refractivity contribution in [2.75, 3.05) is 0 Å². The Labute approximate surface area is 291 Å². The van der Waals surface area contributed by atoms with Crippen LogP contribution in [0.25, 0.3) is 5.76 Å². The lowest BCUT2D eigenvalue weighted by atomic mass is 9.82. The zero-order valence-corrected chi connectivity index (χ0v) is 29.0. The molecule has 0 aromatic heterocycles. The lowest BCUT2D eigenvalue weighted by Crippen LogP contribution is -2.35. The number of aliphatic hydroxyl groups is 4. The summed E-state index contributed by atoms with van der Waals surface area (Å²) >= 11 is 0. The highest BCUT2D eigenvalue weighted by molar-refractivity contribution is 6.53. The maximum atomic E-state index is 13.7. The van der Waals surface area contributed by atoms with Gasteiger partial charge in [-0.3, -0.25) is 24.0 Å². The highest BCUT2D eigenvalue weighted by Crippen LogP contribution is 2.37. The summed E-state index contributed by atoms with van der Waals surface area (Å²) < 4.78 is 0. The number of phenolic OH excluding ortho intramolecular Hbond substituents is 1. The van der Waals surface area contributed by atoms with Gasteiger partial charge < -0.3 is 30.8 Å². The molecule has 0 saturated carbocycles. The van der Waals surface area contributed by atoms with Gasteiger partial charge in [-0.15, -0.1) is 0 Å². The molecule has 3 aliphatic rings. The van der Waals surface area contributed by atoms with E-state index >= 15 is 0 Å². The fraction of sp³-hybridized carbons (Fsp3) is 0.359. The number of aliphatic hydroxyl groups excluding tert-OH is 4. The van der Waals surface area contributed by atoms with E-state index in [1.807, 2.05) is 0 Å². The standard InChI is InChI=1S/C39H45NO10/c1-20-11-9-7-8-10-12-30(44)40-33-37(48)27-18-25(6)36(47)32(31(27)38(49)39(33)50)35(46)24(5)17-23(4)34(45)22(3)14-16-26(41)15-13-21(2)29(43)19-28(20)42/h7-14,16-18,20,22-23,26,28,34,41-42,45,47-48H,15,19H2,1-6H3,(H,40,44)/b8-7+,11-9+,12-10+,16-14-,21-13+,24-17+/t20-,22-,23-,26-,28-,34-/m0/s1. The van der Waals surface area contributed by atoms with E-state index in [0.717, 1.165) is 6.08 Å². The first-order valence-corrected chi connectivity index (χ1v) is 16.3. The van der Waals surface area contributed by atoms with Gasteiger partial charge in [0.15, 0.2) is 17.3 Å². The Morgan fingerprint density at radius 3 is 2.06 bits per heavy atom. The van der Waals surface area contributed by atoms with E-state index in [1.165, 1.54) is 44.2 Å². The van der Waals surface area contributed by atoms with Crippen molar-refractivity contribution in [3.8, 4) is 5.75 Å². The Balaban J connectivity index is 2.07. The molecule has 0 saturated heterocycles. The zero-order chi connectivity index (χ0) is 37.4. The number of nitrogens with one attached hydrogen (secondary N) is 1. The molecule has 0 fully saturated rings. The van der Waals surface area contributed by atoms with Gasteiger partial charge in [0.1, 0.15) is 11.4 Å². The highest BCUT2D eigenvalue weighted by Gasteiger charge is 2.39. The molecule has 266 valence electrons. The first kappa shape index (κ1) is 39.5. The van der Waals surface area contributed by atoms with Crippen molar-refractivity contribution in [1.29, 1.82) is 0 Å². The Morgan fingerprint density at radius 2 is 1.38 bits per heavy atom. The SMILES string of the molecule is C/C1=C\C[C@H](O)/C=C\[C@H](C)[C@H](O)[C@@H](C)/C=C(\C)C(=O)c2c(O)c(C)cc3c2C(=O)C(=O)C(=C3O)NC(=O)/C=C/C=C/C=C/[C@H](C)[C@@H](O)CC1=O. The third-order valence-electron chi connectivity index (χ3n) is 8.81. The van der Waals surface area contributed by atoms with Crippen molar-refractivity contribution in [3.05, 3.63) is 106 Å². The number of hydrogen-bond acceptors (Lipinski definition) is 10. The Morgan fingerprint density at radius 1 is 0.720 bits per heavy atom. The molecule has 2 aliphatic heterocycles. The summed E-state index contributed by atoms with van der Waals surface area (Å²) in [5.41, 5.74) is -1.36. The van der Waals surface area contributed by atoms with Crippen LogP contribution in [0.2, 0.25) is 0 Å². The van der Waals surface area contributed by atoms with Gasteiger partial charge in [-0.1, -0.05) is 75.5 Å². The largest absolute Gasteiger partial charge is 0.507 e. The molecule has 4 rings (SSSR count). The van der Waals surface area contributed by atoms with Gasteiger partial charge in [0.25, 0.3) is 5.78 Å². The summed E-state index contributed by atoms with van der Waals surface area (Å²) in [4.78, 5) is 65.5. The van der Waals surface area contributed by atoms with Crippen LogP contribution in [-0.2, 0) is 14.4 Å². The van der Waals surface area contributed by atoms with Gasteiger partial charge in [0, 0.05) is 35.8 Å². The van der Waals surface area contributed by atoms with Crippen LogP contribution in [0.5, 0.6) is 5.75 Å². The Hall–Kier alpha value is -4.97. The first-order chi connectivity index (χ1) is 23.5. The number of aromatic hydroxyl groups is 1. The van der Waals surface area contributed by atoms with Crippen LogP contribution in [0.15, 0.2) is 83.7 Å². The van der Waals surface area contributed by atoms with Crippen molar-refractivity contribution in [1.82, 2.24) is 5.32 Å². The molecule has 0 spiro atoms. The summed E-state index contributed by atoms with van der Waals surface area (Å²) in [6.45, 7) is 9.57. The maximum absolute atomic E-state index is 13.7. The van der Waals surface area contributed by atoms with Crippen LogP contribution in [0.4, 0.5) is 0 Å². The van der Waals surface area contributed by atoms with E-state index < -0.39 is 87.7 Å². The molecule has 0 unspecified atom stereocenters. The number of phenols is 1. The molecule has 4 bridgehead atoms. The Kier molecular flexibility index (Phi) is 13.5. The number of benzene rings is 1. The topological polar surface area (TPSA) is 199 Å². The van der Waals surface area contributed by atoms with E-state index in [4.69, 9.17) is 0 Å². The van der Waals surface area contributed by atoms with Gasteiger partial charge >= 0.3 is 0 Å². The number of carbonyl (C=O) groups excluding carboxylic acids is 5. The van der Waals surface area contributed by atoms with Crippen LogP contribution in [0, 0.1) is 24.7 Å². The number of aryl methyl sites for hydroxylation is 1. The highest BCUT2D eigenvalue weighted by atomic mass is 16.3. The van der Waals surface area contributed by atoms with Gasteiger partial charge in [0.05, 0.1) is 29.4 Å². The van der Waals surface area contributed by atoms with Crippen molar-refractivity contribution in [3.63, 3.8) is 0 Å². The average Bonchev–Trinajstić information content (AvgIpc) is 3.07. The molecule has 0 radical (unpaired) electrons. The van der Waals surface area contributed by atoms with Gasteiger partial charge in [-0.2, -0.15) is 0 Å². The quantitative estimate of drug-likeness (QED) is 0.167. The van der Waals surface area contributed by atoms with E-state index in [2.05, 4.69) is 5.32 Å². The van der Waals surface area contributed by atoms with Crippen molar-refractivity contribution < 1.29 is 49.5 Å². The summed E-state index contributed by atoms with van der Waals surface area (Å²) in [5.74, 6) is -7.27. The summed E-state index contributed by atoms with van der Waals surface area (Å²) in [5, 5.41) is 56.2. The summed E-state index contributed by atoms with van der Waals surface area (Å²) in [6.07, 6.45) is 11.9. The molecule has 2 heterocycles. The van der Waals surface area contributed by atoms with Crippen LogP contribution in [0.3, 0.4) is 0 Å². The normalized spacial score (nSPS) is 31.3. The molecule has 50 heavy (non-hydrogen) atoms. The molecule has 6 N–H and O–H groups in total. The fourth-order valence-electron chi connectivity index (χ4n) is 5.53. The average molecular weight is 688 g/mol. The number of ketones is 4. The van der Waals surface area contributed by atoms with E-state index in [-0.39, 0.29) is 35.3 Å². The molecule has 1 aromatic rings. The number of rotatable bonds is 0. The predicted octanol–water partition coefficient (Wildman–Crippen LogP) is 4.46. The van der Waals surface area contributed by atoms with Gasteiger partial charge in [0.2, 0.25) is 11.7 Å². The monoisotopic (exact) mass is 687 g/mol. The molecular formula is C39H45NO10. The minimum Gasteiger partial charge on any atom is -0.507 e. The van der Waals surface area contributed by atoms with E-state index in [0.29, 0.717) is 5.57 Å². The number of fused-ring (bicyclic) bond motifs is 18. The third-order valence-corrected chi connectivity index (χ3v) is 8.81. The van der Waals surface area contributed by atoms with Crippen LogP contribution in [-0.4, -0.2) is 72.9 Å². The number of hydrogen-bond donors (Lipinski definition) is 6. The molecule has 1 aliphatic carbocycles. The number of Topliss-reactive ketones (excluding diaryl/α,β-unsaturated/α-hetero) is 4. The van der Waals surface area contributed by atoms with Crippen LogP contribution in [0.1, 0.15) is 79.3 Å². The Bertz CT molecular complexity index is 1770. The molecule has 11 heteroatoms. The first-order valence-electron chi connectivity index (χ1n) is 16.3. The van der Waals surface area contributed by atoms with Crippen molar-refractivity contribution >= 4 is 34.8 Å². The molecule has 11 nitrogen and oxygen atoms in total. The van der Waals surface area contributed by atoms with Gasteiger partial charge in [-0.25, -0.2) is 0 Å². The number of carbonyl (C=O) groups is 5. The fourth-order valence-corrected chi connectivity index (χ4v) is 5.53.